The fourth-order valence-corrected chi connectivity index (χ4v) is 1.87. The Labute approximate surface area is 96.9 Å². The highest BCUT2D eigenvalue weighted by Crippen LogP contribution is 2.10. The molecule has 84 valence electrons. The molecule has 0 atom stereocenters. The molecular formula is C10H12N4OS. The lowest BCUT2D eigenvalue weighted by Gasteiger charge is -2.00. The molecule has 0 aliphatic rings. The fourth-order valence-electron chi connectivity index (χ4n) is 1.33. The van der Waals surface area contributed by atoms with Crippen molar-refractivity contribution >= 4 is 22.4 Å². The van der Waals surface area contributed by atoms with Crippen LogP contribution in [0.15, 0.2) is 23.8 Å². The Morgan fingerprint density at radius 2 is 2.50 bits per heavy atom. The Hall–Kier alpha value is -1.82. The molecule has 2 rings (SSSR count). The van der Waals surface area contributed by atoms with Gasteiger partial charge in [-0.05, 0) is 11.6 Å². The van der Waals surface area contributed by atoms with Gasteiger partial charge in [-0.2, -0.15) is 0 Å². The molecule has 0 aliphatic carbocycles. The first-order chi connectivity index (χ1) is 7.65. The highest BCUT2D eigenvalue weighted by atomic mass is 32.1. The number of nitrogen functional groups attached to an aromatic ring is 1. The van der Waals surface area contributed by atoms with E-state index < -0.39 is 0 Å². The Balaban J connectivity index is 1.93. The van der Waals surface area contributed by atoms with Crippen LogP contribution in [0.25, 0.3) is 0 Å². The van der Waals surface area contributed by atoms with Gasteiger partial charge in [0.2, 0.25) is 0 Å². The highest BCUT2D eigenvalue weighted by molar-refractivity contribution is 7.13. The van der Waals surface area contributed by atoms with Crippen LogP contribution in [-0.2, 0) is 13.6 Å². The molecule has 1 amide bonds. The van der Waals surface area contributed by atoms with Gasteiger partial charge in [0.25, 0.3) is 5.91 Å². The molecule has 0 fully saturated rings. The molecule has 0 bridgehead atoms. The van der Waals surface area contributed by atoms with Crippen molar-refractivity contribution < 1.29 is 4.79 Å². The number of carbonyl (C=O) groups is 1. The molecule has 0 saturated heterocycles. The standard InChI is InChI=1S/C10H12N4OS/c1-14-3-2-7(5-14)4-12-9(15)8-6-16-10(11)13-8/h2-3,5-6H,4H2,1H3,(H2,11,13)(H,12,15). The van der Waals surface area contributed by atoms with Crippen LogP contribution in [0.5, 0.6) is 0 Å². The average Bonchev–Trinajstić information content (AvgIpc) is 2.84. The first-order valence-corrected chi connectivity index (χ1v) is 5.63. The number of hydrogen-bond acceptors (Lipinski definition) is 4. The van der Waals surface area contributed by atoms with Crippen LogP contribution in [0.1, 0.15) is 16.1 Å². The van der Waals surface area contributed by atoms with Crippen LogP contribution in [-0.4, -0.2) is 15.5 Å². The van der Waals surface area contributed by atoms with E-state index in [1.165, 1.54) is 11.3 Å². The van der Waals surface area contributed by atoms with Crippen molar-refractivity contribution in [3.05, 3.63) is 35.1 Å². The summed E-state index contributed by atoms with van der Waals surface area (Å²) in [5.41, 5.74) is 6.88. The van der Waals surface area contributed by atoms with Crippen molar-refractivity contribution in [2.75, 3.05) is 5.73 Å². The summed E-state index contributed by atoms with van der Waals surface area (Å²) in [6.45, 7) is 0.497. The third kappa shape index (κ3) is 2.40. The number of amides is 1. The predicted octanol–water partition coefficient (Wildman–Crippen LogP) is 0.994. The summed E-state index contributed by atoms with van der Waals surface area (Å²) < 4.78 is 1.93. The predicted molar refractivity (Wildman–Crippen MR) is 63.1 cm³/mol. The number of nitrogens with zero attached hydrogens (tertiary/aromatic N) is 2. The number of nitrogens with two attached hydrogens (primary N) is 1. The largest absolute Gasteiger partial charge is 0.375 e. The smallest absolute Gasteiger partial charge is 0.271 e. The van der Waals surface area contributed by atoms with Crippen LogP contribution in [0.4, 0.5) is 5.13 Å². The molecule has 3 N–H and O–H groups in total. The second-order valence-electron chi connectivity index (χ2n) is 3.44. The fraction of sp³-hybridized carbons (Fsp3) is 0.200. The van der Waals surface area contributed by atoms with Gasteiger partial charge in [0.1, 0.15) is 5.69 Å². The Morgan fingerprint density at radius 3 is 3.06 bits per heavy atom. The third-order valence-corrected chi connectivity index (χ3v) is 2.77. The van der Waals surface area contributed by atoms with Crippen molar-refractivity contribution in [2.24, 2.45) is 7.05 Å². The van der Waals surface area contributed by atoms with Gasteiger partial charge in [-0.15, -0.1) is 11.3 Å². The van der Waals surface area contributed by atoms with E-state index in [0.29, 0.717) is 17.4 Å². The summed E-state index contributed by atoms with van der Waals surface area (Å²) in [6, 6.07) is 1.95. The quantitative estimate of drug-likeness (QED) is 0.834. The maximum absolute atomic E-state index is 11.6. The zero-order valence-corrected chi connectivity index (χ0v) is 9.62. The van der Waals surface area contributed by atoms with Gasteiger partial charge in [-0.25, -0.2) is 4.98 Å². The number of thiazole rings is 1. The monoisotopic (exact) mass is 236 g/mol. The molecule has 2 aromatic rings. The summed E-state index contributed by atoms with van der Waals surface area (Å²) >= 11 is 1.26. The molecule has 0 radical (unpaired) electrons. The van der Waals surface area contributed by atoms with Gasteiger partial charge in [0, 0.05) is 31.4 Å². The molecule has 0 unspecified atom stereocenters. The molecule has 0 spiro atoms. The van der Waals surface area contributed by atoms with Crippen molar-refractivity contribution in [3.63, 3.8) is 0 Å². The van der Waals surface area contributed by atoms with E-state index in [2.05, 4.69) is 10.3 Å². The molecule has 2 heterocycles. The lowest BCUT2D eigenvalue weighted by molar-refractivity contribution is 0.0946. The van der Waals surface area contributed by atoms with E-state index in [-0.39, 0.29) is 5.91 Å². The molecule has 16 heavy (non-hydrogen) atoms. The zero-order valence-electron chi connectivity index (χ0n) is 8.80. The summed E-state index contributed by atoms with van der Waals surface area (Å²) in [6.07, 6.45) is 3.89. The van der Waals surface area contributed by atoms with E-state index in [1.54, 1.807) is 5.38 Å². The maximum Gasteiger partial charge on any atom is 0.271 e. The van der Waals surface area contributed by atoms with E-state index >= 15 is 0 Å². The molecule has 0 aromatic carbocycles. The number of aromatic nitrogens is 2. The normalized spacial score (nSPS) is 10.3. The molecule has 5 nitrogen and oxygen atoms in total. The Bertz CT molecular complexity index is 502. The van der Waals surface area contributed by atoms with Crippen molar-refractivity contribution in [1.82, 2.24) is 14.9 Å². The van der Waals surface area contributed by atoms with Crippen molar-refractivity contribution in [1.29, 1.82) is 0 Å². The van der Waals surface area contributed by atoms with Gasteiger partial charge in [-0.1, -0.05) is 0 Å². The lowest BCUT2D eigenvalue weighted by Crippen LogP contribution is -2.22. The SMILES string of the molecule is Cn1ccc(CNC(=O)c2csc(N)n2)c1. The summed E-state index contributed by atoms with van der Waals surface area (Å²) in [5.74, 6) is -0.197. The van der Waals surface area contributed by atoms with Gasteiger partial charge in [0.05, 0.1) is 0 Å². The van der Waals surface area contributed by atoms with Gasteiger partial charge >= 0.3 is 0 Å². The molecule has 0 aliphatic heterocycles. The summed E-state index contributed by atoms with van der Waals surface area (Å²) in [7, 11) is 1.94. The van der Waals surface area contributed by atoms with E-state index in [4.69, 9.17) is 5.73 Å². The molecule has 2 aromatic heterocycles. The molecular weight excluding hydrogens is 224 g/mol. The highest BCUT2D eigenvalue weighted by Gasteiger charge is 2.08. The number of aryl methyl sites for hydroxylation is 1. The van der Waals surface area contributed by atoms with Crippen LogP contribution in [0.2, 0.25) is 0 Å². The molecule has 6 heteroatoms. The number of rotatable bonds is 3. The van der Waals surface area contributed by atoms with E-state index in [1.807, 2.05) is 30.1 Å². The minimum Gasteiger partial charge on any atom is -0.375 e. The first kappa shape index (κ1) is 10.7. The number of hydrogen-bond donors (Lipinski definition) is 2. The minimum atomic E-state index is -0.197. The van der Waals surface area contributed by atoms with Crippen LogP contribution >= 0.6 is 11.3 Å². The van der Waals surface area contributed by atoms with Crippen LogP contribution in [0, 0.1) is 0 Å². The van der Waals surface area contributed by atoms with Gasteiger partial charge in [0.15, 0.2) is 5.13 Å². The van der Waals surface area contributed by atoms with Gasteiger partial charge < -0.3 is 15.6 Å². The number of anilines is 1. The van der Waals surface area contributed by atoms with Gasteiger partial charge in [-0.3, -0.25) is 4.79 Å². The maximum atomic E-state index is 11.6. The Kier molecular flexibility index (Phi) is 2.91. The Morgan fingerprint density at radius 1 is 1.69 bits per heavy atom. The van der Waals surface area contributed by atoms with Crippen molar-refractivity contribution in [2.45, 2.75) is 6.54 Å². The first-order valence-electron chi connectivity index (χ1n) is 4.75. The zero-order chi connectivity index (χ0) is 11.5. The summed E-state index contributed by atoms with van der Waals surface area (Å²) in [5, 5.41) is 4.83. The molecule has 0 saturated carbocycles. The second kappa shape index (κ2) is 4.36. The summed E-state index contributed by atoms with van der Waals surface area (Å²) in [4.78, 5) is 15.5. The second-order valence-corrected chi connectivity index (χ2v) is 4.33. The number of carbonyl (C=O) groups excluding carboxylic acids is 1. The average molecular weight is 236 g/mol. The lowest BCUT2D eigenvalue weighted by atomic mass is 10.3. The topological polar surface area (TPSA) is 72.9 Å². The van der Waals surface area contributed by atoms with Crippen LogP contribution in [0.3, 0.4) is 0 Å². The van der Waals surface area contributed by atoms with E-state index in [9.17, 15) is 4.79 Å². The van der Waals surface area contributed by atoms with E-state index in [0.717, 1.165) is 5.56 Å². The third-order valence-electron chi connectivity index (χ3n) is 2.10. The van der Waals surface area contributed by atoms with Crippen molar-refractivity contribution in [3.8, 4) is 0 Å². The van der Waals surface area contributed by atoms with Crippen LogP contribution < -0.4 is 11.1 Å². The minimum absolute atomic E-state index is 0.197. The number of nitrogens with one attached hydrogen (secondary N) is 1.